The number of aromatic nitrogens is 5. The van der Waals surface area contributed by atoms with Crippen LogP contribution in [0.2, 0.25) is 0 Å². The van der Waals surface area contributed by atoms with Crippen LogP contribution in [0, 0.1) is 0 Å². The zero-order valence-electron chi connectivity index (χ0n) is 28.7. The summed E-state index contributed by atoms with van der Waals surface area (Å²) in [4.78, 5) is 15.5. The molecule has 3 heterocycles. The van der Waals surface area contributed by atoms with Crippen LogP contribution < -0.4 is 0 Å². The fourth-order valence-corrected chi connectivity index (χ4v) is 8.29. The summed E-state index contributed by atoms with van der Waals surface area (Å²) in [5, 5.41) is 9.78. The van der Waals surface area contributed by atoms with Crippen molar-refractivity contribution in [2.24, 2.45) is 0 Å². The molecule has 11 rings (SSSR count). The molecular weight excluding hydrogens is 647 g/mol. The lowest BCUT2D eigenvalue weighted by Gasteiger charge is -2.15. The van der Waals surface area contributed by atoms with E-state index >= 15 is 0 Å². The number of hydrogen-bond acceptors (Lipinski definition) is 3. The Hall–Kier alpha value is -7.11. The average molecular weight is 678 g/mol. The SMILES string of the molecule is c1ccc(-c2nc(-c3ccccc3)nc(-n3c4ccccc4c4ccc5c6ccccc6n(Cc6cc7ccccc7c7ccccc67)c5c43)n2)cc1. The molecule has 248 valence electrons. The summed E-state index contributed by atoms with van der Waals surface area (Å²) in [7, 11) is 0. The summed E-state index contributed by atoms with van der Waals surface area (Å²) in [6.45, 7) is 0.692. The van der Waals surface area contributed by atoms with Gasteiger partial charge in [-0.15, -0.1) is 0 Å². The van der Waals surface area contributed by atoms with E-state index in [-0.39, 0.29) is 0 Å². The van der Waals surface area contributed by atoms with Crippen LogP contribution in [0.1, 0.15) is 5.56 Å². The average Bonchev–Trinajstić information content (AvgIpc) is 3.74. The zero-order valence-corrected chi connectivity index (χ0v) is 28.7. The molecule has 0 spiro atoms. The van der Waals surface area contributed by atoms with Gasteiger partial charge in [0.15, 0.2) is 11.6 Å². The van der Waals surface area contributed by atoms with Gasteiger partial charge in [-0.2, -0.15) is 9.97 Å². The highest BCUT2D eigenvalue weighted by Gasteiger charge is 2.23. The molecule has 0 saturated carbocycles. The van der Waals surface area contributed by atoms with Crippen molar-refractivity contribution < 1.29 is 0 Å². The second-order valence-corrected chi connectivity index (χ2v) is 13.6. The fourth-order valence-electron chi connectivity index (χ4n) is 8.29. The maximum atomic E-state index is 5.25. The number of fused-ring (bicyclic) bond motifs is 10. The lowest BCUT2D eigenvalue weighted by atomic mass is 9.97. The standard InChI is InChI=1S/C48H31N5/c1-3-15-31(16-4-1)46-49-47(32-17-5-2-6-18-32)51-48(50-46)53-43-26-14-12-24-39(43)41-28-27-40-38-23-11-13-25-42(38)52(44(40)45(41)53)30-34-29-33-19-7-8-20-35(33)37-22-10-9-21-36(34)37/h1-29H,30H2. The molecule has 3 aromatic heterocycles. The van der Waals surface area contributed by atoms with Gasteiger partial charge in [0.25, 0.3) is 0 Å². The molecule has 5 nitrogen and oxygen atoms in total. The van der Waals surface area contributed by atoms with Gasteiger partial charge < -0.3 is 4.57 Å². The highest BCUT2D eigenvalue weighted by Crippen LogP contribution is 2.41. The topological polar surface area (TPSA) is 48.5 Å². The molecule has 0 bridgehead atoms. The molecule has 0 atom stereocenters. The monoisotopic (exact) mass is 677 g/mol. The molecule has 8 aromatic carbocycles. The molecule has 0 aliphatic heterocycles. The molecule has 0 aliphatic carbocycles. The normalized spacial score (nSPS) is 11.8. The second kappa shape index (κ2) is 11.7. The van der Waals surface area contributed by atoms with E-state index in [0.717, 1.165) is 38.4 Å². The Kier molecular flexibility index (Phi) is 6.55. The van der Waals surface area contributed by atoms with Crippen molar-refractivity contribution in [3.05, 3.63) is 181 Å². The molecule has 0 saturated heterocycles. The molecule has 53 heavy (non-hydrogen) atoms. The van der Waals surface area contributed by atoms with E-state index in [1.807, 2.05) is 36.4 Å². The van der Waals surface area contributed by atoms with Crippen molar-refractivity contribution >= 4 is 65.2 Å². The van der Waals surface area contributed by atoms with E-state index in [1.165, 1.54) is 43.4 Å². The summed E-state index contributed by atoms with van der Waals surface area (Å²) in [6, 6.07) is 62.2. The quantitative estimate of drug-likeness (QED) is 0.170. The van der Waals surface area contributed by atoms with Crippen molar-refractivity contribution in [3.8, 4) is 28.7 Å². The van der Waals surface area contributed by atoms with Gasteiger partial charge >= 0.3 is 0 Å². The summed E-state index contributed by atoms with van der Waals surface area (Å²) < 4.78 is 4.78. The van der Waals surface area contributed by atoms with Crippen molar-refractivity contribution in [2.75, 3.05) is 0 Å². The number of hydrogen-bond donors (Lipinski definition) is 0. The summed E-state index contributed by atoms with van der Waals surface area (Å²) in [6.07, 6.45) is 0. The Morgan fingerprint density at radius 2 is 0.887 bits per heavy atom. The number of nitrogens with zero attached hydrogens (tertiary/aromatic N) is 5. The lowest BCUT2D eigenvalue weighted by Crippen LogP contribution is -2.07. The molecule has 11 aromatic rings. The maximum absolute atomic E-state index is 5.25. The van der Waals surface area contributed by atoms with Crippen LogP contribution in [0.15, 0.2) is 176 Å². The smallest absolute Gasteiger partial charge is 0.238 e. The lowest BCUT2D eigenvalue weighted by molar-refractivity contribution is 0.875. The Bertz CT molecular complexity index is 3140. The second-order valence-electron chi connectivity index (χ2n) is 13.6. The molecule has 0 radical (unpaired) electrons. The minimum Gasteiger partial charge on any atom is -0.334 e. The van der Waals surface area contributed by atoms with E-state index in [0.29, 0.717) is 24.1 Å². The Labute approximate surface area is 305 Å². The largest absolute Gasteiger partial charge is 0.334 e. The molecule has 0 aliphatic rings. The first kappa shape index (κ1) is 29.6. The zero-order chi connectivity index (χ0) is 34.9. The third kappa shape index (κ3) is 4.61. The van der Waals surface area contributed by atoms with E-state index in [4.69, 9.17) is 15.0 Å². The van der Waals surface area contributed by atoms with Crippen LogP contribution in [-0.2, 0) is 6.54 Å². The summed E-state index contributed by atoms with van der Waals surface area (Å²) in [5.41, 5.74) is 7.63. The maximum Gasteiger partial charge on any atom is 0.238 e. The van der Waals surface area contributed by atoms with E-state index < -0.39 is 0 Å². The number of para-hydroxylation sites is 2. The van der Waals surface area contributed by atoms with Gasteiger partial charge in [-0.3, -0.25) is 4.57 Å². The first-order chi connectivity index (χ1) is 26.3. The van der Waals surface area contributed by atoms with Crippen LogP contribution in [-0.4, -0.2) is 24.1 Å². The predicted molar refractivity (Wildman–Crippen MR) is 219 cm³/mol. The minimum absolute atomic E-state index is 0.587. The van der Waals surface area contributed by atoms with Gasteiger partial charge in [0.1, 0.15) is 0 Å². The van der Waals surface area contributed by atoms with Gasteiger partial charge in [-0.05, 0) is 45.3 Å². The Morgan fingerprint density at radius 3 is 1.57 bits per heavy atom. The van der Waals surface area contributed by atoms with Crippen LogP contribution in [0.25, 0.3) is 93.9 Å². The van der Waals surface area contributed by atoms with Crippen LogP contribution >= 0.6 is 0 Å². The predicted octanol–water partition coefficient (Wildman–Crippen LogP) is 11.8. The highest BCUT2D eigenvalue weighted by molar-refractivity contribution is 6.23. The molecule has 0 amide bonds. The van der Waals surface area contributed by atoms with Crippen LogP contribution in [0.3, 0.4) is 0 Å². The molecule has 5 heteroatoms. The number of rotatable bonds is 5. The van der Waals surface area contributed by atoms with Crippen LogP contribution in [0.4, 0.5) is 0 Å². The van der Waals surface area contributed by atoms with Crippen molar-refractivity contribution in [1.29, 1.82) is 0 Å². The third-order valence-electron chi connectivity index (χ3n) is 10.6. The van der Waals surface area contributed by atoms with Crippen molar-refractivity contribution in [3.63, 3.8) is 0 Å². The van der Waals surface area contributed by atoms with Gasteiger partial charge in [0.05, 0.1) is 16.6 Å². The van der Waals surface area contributed by atoms with Gasteiger partial charge in [0, 0.05) is 44.7 Å². The molecule has 0 N–H and O–H groups in total. The summed E-state index contributed by atoms with van der Waals surface area (Å²) in [5.74, 6) is 1.86. The Morgan fingerprint density at radius 1 is 0.377 bits per heavy atom. The van der Waals surface area contributed by atoms with Crippen molar-refractivity contribution in [2.45, 2.75) is 6.54 Å². The number of benzene rings is 8. The van der Waals surface area contributed by atoms with Gasteiger partial charge in [-0.25, -0.2) is 4.98 Å². The molecule has 0 unspecified atom stereocenters. The minimum atomic E-state index is 0.587. The van der Waals surface area contributed by atoms with E-state index in [9.17, 15) is 0 Å². The van der Waals surface area contributed by atoms with Crippen molar-refractivity contribution in [1.82, 2.24) is 24.1 Å². The third-order valence-corrected chi connectivity index (χ3v) is 10.6. The van der Waals surface area contributed by atoms with Crippen LogP contribution in [0.5, 0.6) is 0 Å². The van der Waals surface area contributed by atoms with Gasteiger partial charge in [0.2, 0.25) is 5.95 Å². The van der Waals surface area contributed by atoms with E-state index in [1.54, 1.807) is 0 Å². The Balaban J connectivity index is 1.27. The first-order valence-electron chi connectivity index (χ1n) is 18.0. The van der Waals surface area contributed by atoms with Gasteiger partial charge in [-0.1, -0.05) is 158 Å². The highest BCUT2D eigenvalue weighted by atomic mass is 15.2. The molecular formula is C48H31N5. The fraction of sp³-hybridized carbons (Fsp3) is 0.0208. The molecule has 0 fully saturated rings. The van der Waals surface area contributed by atoms with E-state index in [2.05, 4.69) is 149 Å². The summed E-state index contributed by atoms with van der Waals surface area (Å²) >= 11 is 0. The first-order valence-corrected chi connectivity index (χ1v) is 18.0.